The van der Waals surface area contributed by atoms with Crippen molar-refractivity contribution >= 4 is 28.6 Å². The molecular weight excluding hydrogens is 412 g/mol. The molecule has 0 fully saturated rings. The molecular formula is C18H27F2NO5S2. The standard InChI is InChI=1S/C18H27F2NO5S2/c1-2-3-4-5-6-7-8-28(24,25)21-11-16(27)13-9-14(19)18(15(20)10-13)26-12-17(22)23/h9-10,16,21,27H,2-8,11-12H2,1H3,(H,22,23). The smallest absolute Gasteiger partial charge is 0.341 e. The molecule has 0 radical (unpaired) electrons. The average molecular weight is 440 g/mol. The SMILES string of the molecule is CCCCCCCCS(=O)(=O)NCC(S)c1cc(F)c(OCC(=O)O)c(F)c1. The van der Waals surface area contributed by atoms with Gasteiger partial charge in [0.1, 0.15) is 0 Å². The Morgan fingerprint density at radius 3 is 2.32 bits per heavy atom. The van der Waals surface area contributed by atoms with Crippen molar-refractivity contribution in [3.05, 3.63) is 29.3 Å². The highest BCUT2D eigenvalue weighted by atomic mass is 32.2. The Bertz CT molecular complexity index is 720. The number of carbonyl (C=O) groups is 1. The van der Waals surface area contributed by atoms with Crippen LogP contribution in [0.4, 0.5) is 8.78 Å². The highest BCUT2D eigenvalue weighted by Gasteiger charge is 2.19. The van der Waals surface area contributed by atoms with Gasteiger partial charge in [-0.2, -0.15) is 12.6 Å². The van der Waals surface area contributed by atoms with Crippen molar-refractivity contribution < 1.29 is 31.8 Å². The summed E-state index contributed by atoms with van der Waals surface area (Å²) in [7, 11) is -3.50. The van der Waals surface area contributed by atoms with Crippen LogP contribution in [0.5, 0.6) is 5.75 Å². The summed E-state index contributed by atoms with van der Waals surface area (Å²) < 4.78 is 58.9. The molecule has 0 heterocycles. The molecule has 2 N–H and O–H groups in total. The van der Waals surface area contributed by atoms with Crippen LogP contribution in [0.15, 0.2) is 12.1 Å². The third kappa shape index (κ3) is 9.20. The minimum Gasteiger partial charge on any atom is -0.479 e. The summed E-state index contributed by atoms with van der Waals surface area (Å²) in [4.78, 5) is 10.4. The summed E-state index contributed by atoms with van der Waals surface area (Å²) in [6, 6.07) is 1.89. The van der Waals surface area contributed by atoms with E-state index >= 15 is 0 Å². The number of carboxylic acids is 1. The first-order valence-corrected chi connectivity index (χ1v) is 11.3. The van der Waals surface area contributed by atoms with E-state index in [9.17, 15) is 22.0 Å². The van der Waals surface area contributed by atoms with Crippen LogP contribution in [0.2, 0.25) is 0 Å². The van der Waals surface area contributed by atoms with Gasteiger partial charge in [0.25, 0.3) is 0 Å². The molecule has 0 amide bonds. The minimum absolute atomic E-state index is 0.00961. The van der Waals surface area contributed by atoms with Gasteiger partial charge >= 0.3 is 5.97 Å². The van der Waals surface area contributed by atoms with E-state index in [0.717, 1.165) is 44.2 Å². The highest BCUT2D eigenvalue weighted by molar-refractivity contribution is 7.89. The number of hydrogen-bond acceptors (Lipinski definition) is 5. The number of ether oxygens (including phenoxy) is 1. The van der Waals surface area contributed by atoms with Crippen molar-refractivity contribution in [1.29, 1.82) is 0 Å². The maximum atomic E-state index is 14.0. The Kier molecular flexibility index (Phi) is 10.8. The quantitative estimate of drug-likeness (QED) is 0.304. The van der Waals surface area contributed by atoms with Crippen LogP contribution < -0.4 is 9.46 Å². The van der Waals surface area contributed by atoms with Gasteiger partial charge in [0, 0.05) is 11.8 Å². The number of nitrogens with one attached hydrogen (secondary N) is 1. The summed E-state index contributed by atoms with van der Waals surface area (Å²) in [5.41, 5.74) is 0.114. The second-order valence-corrected chi connectivity index (χ2v) is 9.00. The Balaban J connectivity index is 2.55. The second-order valence-electron chi connectivity index (χ2n) is 6.45. The molecule has 0 spiro atoms. The third-order valence-electron chi connectivity index (χ3n) is 4.01. The molecule has 0 aliphatic heterocycles. The van der Waals surface area contributed by atoms with E-state index in [4.69, 9.17) is 5.11 Å². The molecule has 10 heteroatoms. The van der Waals surface area contributed by atoms with Crippen molar-refractivity contribution in [2.24, 2.45) is 0 Å². The first-order chi connectivity index (χ1) is 13.2. The Labute approximate surface area is 170 Å². The normalized spacial score (nSPS) is 12.7. The van der Waals surface area contributed by atoms with Gasteiger partial charge in [-0.15, -0.1) is 0 Å². The Morgan fingerprint density at radius 1 is 1.18 bits per heavy atom. The van der Waals surface area contributed by atoms with Gasteiger partial charge < -0.3 is 9.84 Å². The first-order valence-electron chi connectivity index (χ1n) is 9.15. The molecule has 160 valence electrons. The number of carboxylic acid groups (broad SMARTS) is 1. The molecule has 0 aliphatic carbocycles. The fourth-order valence-electron chi connectivity index (χ4n) is 2.51. The molecule has 0 saturated carbocycles. The van der Waals surface area contributed by atoms with E-state index in [1.54, 1.807) is 0 Å². The largest absolute Gasteiger partial charge is 0.479 e. The lowest BCUT2D eigenvalue weighted by molar-refractivity contribution is -0.139. The lowest BCUT2D eigenvalue weighted by Gasteiger charge is -2.15. The Morgan fingerprint density at radius 2 is 1.75 bits per heavy atom. The maximum Gasteiger partial charge on any atom is 0.341 e. The monoisotopic (exact) mass is 439 g/mol. The molecule has 1 unspecified atom stereocenters. The van der Waals surface area contributed by atoms with E-state index in [0.29, 0.717) is 6.42 Å². The number of aliphatic carboxylic acids is 1. The maximum absolute atomic E-state index is 14.0. The number of rotatable bonds is 14. The predicted molar refractivity (Wildman–Crippen MR) is 106 cm³/mol. The average Bonchev–Trinajstić information content (AvgIpc) is 2.61. The summed E-state index contributed by atoms with van der Waals surface area (Å²) >= 11 is 4.20. The molecule has 1 aromatic rings. The molecule has 1 aromatic carbocycles. The van der Waals surface area contributed by atoms with Crippen LogP contribution in [-0.4, -0.2) is 38.4 Å². The lowest BCUT2D eigenvalue weighted by atomic mass is 10.1. The van der Waals surface area contributed by atoms with Gasteiger partial charge in [0.2, 0.25) is 10.0 Å². The lowest BCUT2D eigenvalue weighted by Crippen LogP contribution is -2.29. The zero-order chi connectivity index (χ0) is 21.2. The van der Waals surface area contributed by atoms with Crippen LogP contribution >= 0.6 is 12.6 Å². The van der Waals surface area contributed by atoms with Crippen LogP contribution in [0.3, 0.4) is 0 Å². The topological polar surface area (TPSA) is 92.7 Å². The molecule has 6 nitrogen and oxygen atoms in total. The summed E-state index contributed by atoms with van der Waals surface area (Å²) in [6.45, 7) is 1.10. The van der Waals surface area contributed by atoms with Gasteiger partial charge in [-0.1, -0.05) is 39.0 Å². The van der Waals surface area contributed by atoms with Crippen LogP contribution in [0.25, 0.3) is 0 Å². The molecule has 1 atom stereocenters. The molecule has 0 saturated heterocycles. The number of sulfonamides is 1. The van der Waals surface area contributed by atoms with Gasteiger partial charge in [-0.25, -0.2) is 26.7 Å². The van der Waals surface area contributed by atoms with Crippen LogP contribution in [-0.2, 0) is 14.8 Å². The molecule has 0 aromatic heterocycles. The van der Waals surface area contributed by atoms with Crippen molar-refractivity contribution in [2.75, 3.05) is 18.9 Å². The zero-order valence-electron chi connectivity index (χ0n) is 15.8. The number of unbranched alkanes of at least 4 members (excludes halogenated alkanes) is 5. The molecule has 0 aliphatic rings. The van der Waals surface area contributed by atoms with Gasteiger partial charge in [-0.3, -0.25) is 0 Å². The fraction of sp³-hybridized carbons (Fsp3) is 0.611. The molecule has 1 rings (SSSR count). The third-order valence-corrected chi connectivity index (χ3v) is 5.92. The van der Waals surface area contributed by atoms with Crippen molar-refractivity contribution in [2.45, 2.75) is 50.7 Å². The minimum atomic E-state index is -3.50. The number of thiol groups is 1. The van der Waals surface area contributed by atoms with Crippen molar-refractivity contribution in [1.82, 2.24) is 4.72 Å². The first kappa shape index (κ1) is 24.6. The van der Waals surface area contributed by atoms with E-state index in [1.165, 1.54) is 0 Å². The Hall–Kier alpha value is -1.39. The van der Waals surface area contributed by atoms with Gasteiger partial charge in [-0.05, 0) is 24.1 Å². The molecule has 28 heavy (non-hydrogen) atoms. The van der Waals surface area contributed by atoms with Gasteiger partial charge in [0.05, 0.1) is 5.75 Å². The second kappa shape index (κ2) is 12.2. The zero-order valence-corrected chi connectivity index (χ0v) is 17.5. The van der Waals surface area contributed by atoms with Crippen LogP contribution in [0, 0.1) is 11.6 Å². The van der Waals surface area contributed by atoms with E-state index in [1.807, 2.05) is 0 Å². The summed E-state index contributed by atoms with van der Waals surface area (Å²) in [6.07, 6.45) is 5.73. The number of hydrogen-bond donors (Lipinski definition) is 3. The fourth-order valence-corrected chi connectivity index (χ4v) is 4.02. The summed E-state index contributed by atoms with van der Waals surface area (Å²) in [5, 5.41) is 7.73. The van der Waals surface area contributed by atoms with Gasteiger partial charge in [0.15, 0.2) is 24.0 Å². The molecule has 0 bridgehead atoms. The van der Waals surface area contributed by atoms with E-state index in [-0.39, 0.29) is 17.9 Å². The van der Waals surface area contributed by atoms with Crippen molar-refractivity contribution in [3.63, 3.8) is 0 Å². The number of halogens is 2. The highest BCUT2D eigenvalue weighted by Crippen LogP contribution is 2.28. The predicted octanol–water partition coefficient (Wildman–Crippen LogP) is 3.68. The van der Waals surface area contributed by atoms with E-state index in [2.05, 4.69) is 29.0 Å². The van der Waals surface area contributed by atoms with Crippen LogP contribution in [0.1, 0.15) is 56.3 Å². The van der Waals surface area contributed by atoms with Crippen molar-refractivity contribution in [3.8, 4) is 5.75 Å². The van der Waals surface area contributed by atoms with E-state index < -0.39 is 45.2 Å². The number of benzene rings is 1. The summed E-state index contributed by atoms with van der Waals surface area (Å²) in [5.74, 6) is -4.33.